The minimum absolute atomic E-state index is 1.27. The highest BCUT2D eigenvalue weighted by Crippen LogP contribution is 2.19. The van der Waals surface area contributed by atoms with E-state index in [1.54, 1.807) is 4.90 Å². The first kappa shape index (κ1) is 31.4. The maximum absolute atomic E-state index is 2.39. The predicted molar refractivity (Wildman–Crippen MR) is 181 cm³/mol. The minimum Gasteiger partial charge on any atom is -0.336 e. The van der Waals surface area contributed by atoms with Crippen molar-refractivity contribution in [2.24, 2.45) is 0 Å². The molecule has 0 amide bonds. The quantitative estimate of drug-likeness (QED) is 0.301. The molecule has 4 aromatic rings. The van der Waals surface area contributed by atoms with Gasteiger partial charge in [0.2, 0.25) is 0 Å². The van der Waals surface area contributed by atoms with Crippen LogP contribution in [0.4, 0.5) is 0 Å². The maximum atomic E-state index is 2.39. The molecular weight excluding hydrogens is 481 g/mol. The van der Waals surface area contributed by atoms with Gasteiger partial charge in [-0.1, -0.05) is 117 Å². The van der Waals surface area contributed by atoms with E-state index in [1.807, 2.05) is 0 Å². The molecule has 2 heteroatoms. The fourth-order valence-corrected chi connectivity index (χ4v) is 7.00. The van der Waals surface area contributed by atoms with Crippen LogP contribution < -0.4 is 26.8 Å². The summed E-state index contributed by atoms with van der Waals surface area (Å²) in [6.45, 7) is 28.4. The van der Waals surface area contributed by atoms with Crippen LogP contribution in [0.15, 0.2) is 72.8 Å². The van der Waals surface area contributed by atoms with E-state index in [0.717, 1.165) is 0 Å². The highest BCUT2D eigenvalue weighted by atomic mass is 15.1. The van der Waals surface area contributed by atoms with Gasteiger partial charge in [-0.2, -0.15) is 21.9 Å². The lowest BCUT2D eigenvalue weighted by Gasteiger charge is -2.48. The van der Waals surface area contributed by atoms with Gasteiger partial charge < -0.3 is 4.90 Å². The monoisotopic (exact) mass is 533 g/mol. The van der Waals surface area contributed by atoms with Gasteiger partial charge in [-0.3, -0.25) is 0 Å². The summed E-state index contributed by atoms with van der Waals surface area (Å²) >= 11 is 0. The van der Waals surface area contributed by atoms with Crippen molar-refractivity contribution in [3.05, 3.63) is 117 Å². The Labute approximate surface area is 245 Å². The number of hydrogen-bond acceptors (Lipinski definition) is 0. The topological polar surface area (TPSA) is 4.44 Å². The molecule has 4 rings (SSSR count). The van der Waals surface area contributed by atoms with Crippen molar-refractivity contribution in [3.63, 3.8) is 0 Å². The van der Waals surface area contributed by atoms with Crippen LogP contribution in [-0.2, 0) is 0 Å². The largest absolute Gasteiger partial charge is 0.336 e. The van der Waals surface area contributed by atoms with Gasteiger partial charge in [-0.05, 0) is 76.2 Å². The first-order valence-electron chi connectivity index (χ1n) is 15.3. The third kappa shape index (κ3) is 6.44. The Morgan fingerprint density at radius 2 is 0.625 bits per heavy atom. The standard InChI is InChI=1S/C32H36B.C6H15N/c1-21-9-13-29(25(5)17-21)33(30-14-10-22(2)18-26(30)6,31-15-11-23(3)19-27(31)7)32-16-12-24(4)20-28(32)8;1-4-7(5-2)6-3/h9-20H,1-8H3;4-6H2,1-3H3/q-1;/p+1. The van der Waals surface area contributed by atoms with Gasteiger partial charge in [-0.15, -0.1) is 0 Å². The van der Waals surface area contributed by atoms with Gasteiger partial charge in [0.05, 0.1) is 19.6 Å². The van der Waals surface area contributed by atoms with E-state index in [0.29, 0.717) is 0 Å². The van der Waals surface area contributed by atoms with E-state index < -0.39 is 6.15 Å². The summed E-state index contributed by atoms with van der Waals surface area (Å²) in [7, 11) is 0. The zero-order valence-electron chi connectivity index (χ0n) is 27.1. The third-order valence-electron chi connectivity index (χ3n) is 9.07. The molecule has 0 bridgehead atoms. The van der Waals surface area contributed by atoms with Crippen molar-refractivity contribution < 1.29 is 4.90 Å². The molecule has 0 unspecified atom stereocenters. The number of rotatable bonds is 7. The molecule has 0 radical (unpaired) electrons. The first-order valence-corrected chi connectivity index (χ1v) is 15.3. The van der Waals surface area contributed by atoms with Crippen molar-refractivity contribution in [1.82, 2.24) is 0 Å². The summed E-state index contributed by atoms with van der Waals surface area (Å²) in [4.78, 5) is 1.68. The van der Waals surface area contributed by atoms with Crippen LogP contribution in [-0.4, -0.2) is 25.8 Å². The van der Waals surface area contributed by atoms with Crippen LogP contribution in [0.25, 0.3) is 0 Å². The van der Waals surface area contributed by atoms with E-state index in [1.165, 1.54) is 86.0 Å². The molecule has 1 N–H and O–H groups in total. The number of benzene rings is 4. The van der Waals surface area contributed by atoms with Gasteiger partial charge in [0, 0.05) is 0 Å². The summed E-state index contributed by atoms with van der Waals surface area (Å²) in [5.41, 5.74) is 16.3. The molecule has 0 spiro atoms. The molecule has 40 heavy (non-hydrogen) atoms. The molecule has 212 valence electrons. The summed E-state index contributed by atoms with van der Waals surface area (Å²) in [6, 6.07) is 28.1. The zero-order valence-corrected chi connectivity index (χ0v) is 27.1. The van der Waals surface area contributed by atoms with E-state index in [2.05, 4.69) is 149 Å². The third-order valence-corrected chi connectivity index (χ3v) is 9.07. The Kier molecular flexibility index (Phi) is 10.6. The van der Waals surface area contributed by atoms with Crippen LogP contribution in [0.5, 0.6) is 0 Å². The maximum Gasteiger partial charge on any atom is 0.109 e. The fraction of sp³-hybridized carbons (Fsp3) is 0.368. The predicted octanol–water partition coefficient (Wildman–Crippen LogP) is 5.46. The number of nitrogens with one attached hydrogen (secondary N) is 1. The molecule has 0 aliphatic heterocycles. The Morgan fingerprint density at radius 1 is 0.400 bits per heavy atom. The Balaban J connectivity index is 0.000000559. The average Bonchev–Trinajstić information content (AvgIpc) is 2.89. The summed E-state index contributed by atoms with van der Waals surface area (Å²) < 4.78 is 0. The molecular formula is C38H52BN. The second-order valence-electron chi connectivity index (χ2n) is 12.1. The molecule has 1 nitrogen and oxygen atoms in total. The smallest absolute Gasteiger partial charge is 0.109 e. The Bertz CT molecular complexity index is 1230. The number of hydrogen-bond donors (Lipinski definition) is 1. The highest BCUT2D eigenvalue weighted by molar-refractivity contribution is 7.20. The van der Waals surface area contributed by atoms with Gasteiger partial charge in [0.1, 0.15) is 6.15 Å². The van der Waals surface area contributed by atoms with Gasteiger partial charge >= 0.3 is 0 Å². The summed E-state index contributed by atoms with van der Waals surface area (Å²) in [5.74, 6) is 0. The van der Waals surface area contributed by atoms with Crippen molar-refractivity contribution in [2.45, 2.75) is 76.2 Å². The second-order valence-corrected chi connectivity index (χ2v) is 12.1. The van der Waals surface area contributed by atoms with Crippen LogP contribution in [0.3, 0.4) is 0 Å². The van der Waals surface area contributed by atoms with E-state index >= 15 is 0 Å². The van der Waals surface area contributed by atoms with Crippen LogP contribution in [0.2, 0.25) is 0 Å². The zero-order chi connectivity index (χ0) is 29.6. The van der Waals surface area contributed by atoms with Crippen LogP contribution in [0.1, 0.15) is 65.3 Å². The normalized spacial score (nSPS) is 11.4. The van der Waals surface area contributed by atoms with E-state index in [-0.39, 0.29) is 0 Å². The van der Waals surface area contributed by atoms with Crippen LogP contribution in [0, 0.1) is 55.4 Å². The number of quaternary nitrogens is 1. The number of aryl methyl sites for hydroxylation is 8. The van der Waals surface area contributed by atoms with Crippen molar-refractivity contribution in [3.8, 4) is 0 Å². The molecule has 0 aliphatic carbocycles. The molecule has 0 saturated heterocycles. The molecule has 0 atom stereocenters. The summed E-state index contributed by atoms with van der Waals surface area (Å²) in [6.07, 6.45) is -1.38. The Morgan fingerprint density at radius 3 is 0.775 bits per heavy atom. The van der Waals surface area contributed by atoms with Crippen molar-refractivity contribution in [1.29, 1.82) is 0 Å². The van der Waals surface area contributed by atoms with E-state index in [9.17, 15) is 0 Å². The molecule has 0 aliphatic rings. The van der Waals surface area contributed by atoms with Crippen molar-refractivity contribution >= 4 is 28.0 Å². The summed E-state index contributed by atoms with van der Waals surface area (Å²) in [5, 5.41) is 0. The van der Waals surface area contributed by atoms with Gasteiger partial charge in [-0.25, -0.2) is 0 Å². The lowest BCUT2D eigenvalue weighted by Crippen LogP contribution is -3.11. The second kappa shape index (κ2) is 13.5. The lowest BCUT2D eigenvalue weighted by atomic mass is 9.11. The molecule has 0 aromatic heterocycles. The molecule has 0 fully saturated rings. The first-order chi connectivity index (χ1) is 19.0. The van der Waals surface area contributed by atoms with Crippen molar-refractivity contribution in [2.75, 3.05) is 19.6 Å². The molecule has 0 heterocycles. The van der Waals surface area contributed by atoms with Crippen LogP contribution >= 0.6 is 0 Å². The molecule has 0 saturated carbocycles. The minimum atomic E-state index is -1.38. The average molecular weight is 534 g/mol. The van der Waals surface area contributed by atoms with Gasteiger partial charge in [0.25, 0.3) is 0 Å². The SMILES string of the molecule is CC[NH+](CC)CC.Cc1ccc([B-](c2ccc(C)cc2C)(c2ccc(C)cc2C)c2ccc(C)cc2C)c(C)c1. The fourth-order valence-electron chi connectivity index (χ4n) is 7.00. The van der Waals surface area contributed by atoms with Gasteiger partial charge in [0.15, 0.2) is 0 Å². The Hall–Kier alpha value is -3.10. The van der Waals surface area contributed by atoms with E-state index in [4.69, 9.17) is 0 Å². The highest BCUT2D eigenvalue weighted by Gasteiger charge is 2.35. The molecule has 4 aromatic carbocycles. The lowest BCUT2D eigenvalue weighted by molar-refractivity contribution is -0.894.